The van der Waals surface area contributed by atoms with Gasteiger partial charge in [-0.2, -0.15) is 0 Å². The molecule has 0 aromatic carbocycles. The fourth-order valence-corrected chi connectivity index (χ4v) is 0.970. The van der Waals surface area contributed by atoms with Crippen molar-refractivity contribution in [1.29, 1.82) is 0 Å². The maximum Gasteiger partial charge on any atom is 0.268 e. The van der Waals surface area contributed by atoms with Crippen LogP contribution >= 0.6 is 0 Å². The Balaban J connectivity index is 3.27. The molecule has 1 aromatic rings. The first-order valence-electron chi connectivity index (χ1n) is 3.60. The van der Waals surface area contributed by atoms with Crippen LogP contribution in [0.15, 0.2) is 6.20 Å². The van der Waals surface area contributed by atoms with Crippen LogP contribution in [0.1, 0.15) is 23.2 Å². The highest BCUT2D eigenvalue weighted by atomic mass is 19.3. The zero-order chi connectivity index (χ0) is 10.0. The Morgan fingerprint density at radius 1 is 1.54 bits per heavy atom. The van der Waals surface area contributed by atoms with Gasteiger partial charge in [-0.15, -0.1) is 0 Å². The maximum atomic E-state index is 13.1. The Hall–Kier alpha value is -1.10. The van der Waals surface area contributed by atoms with Crippen LogP contribution in [-0.2, 0) is 6.61 Å². The maximum absolute atomic E-state index is 13.1. The zero-order valence-corrected chi connectivity index (χ0v) is 6.89. The molecule has 1 N–H and O–H groups in total. The lowest BCUT2D eigenvalue weighted by Crippen LogP contribution is -2.02. The molecule has 1 aromatic heterocycles. The highest BCUT2D eigenvalue weighted by molar-refractivity contribution is 5.27. The lowest BCUT2D eigenvalue weighted by molar-refractivity contribution is 0.144. The molecule has 1 heterocycles. The van der Waals surface area contributed by atoms with Gasteiger partial charge in [0.15, 0.2) is 0 Å². The van der Waals surface area contributed by atoms with E-state index >= 15 is 0 Å². The minimum atomic E-state index is -2.90. The van der Waals surface area contributed by atoms with Gasteiger partial charge in [-0.25, -0.2) is 13.2 Å². The van der Waals surface area contributed by atoms with E-state index in [0.717, 1.165) is 6.20 Å². The van der Waals surface area contributed by atoms with Crippen molar-refractivity contribution >= 4 is 0 Å². The summed E-state index contributed by atoms with van der Waals surface area (Å²) < 4.78 is 37.3. The van der Waals surface area contributed by atoms with Crippen LogP contribution < -0.4 is 0 Å². The number of hydrogen-bond acceptors (Lipinski definition) is 2. The first-order valence-corrected chi connectivity index (χ1v) is 3.60. The lowest BCUT2D eigenvalue weighted by Gasteiger charge is -2.07. The summed E-state index contributed by atoms with van der Waals surface area (Å²) in [6.45, 7) is 0.828. The van der Waals surface area contributed by atoms with Crippen molar-refractivity contribution < 1.29 is 18.3 Å². The van der Waals surface area contributed by atoms with Crippen LogP contribution in [-0.4, -0.2) is 10.1 Å². The summed E-state index contributed by atoms with van der Waals surface area (Å²) in [4.78, 5) is 3.55. The second-order valence-corrected chi connectivity index (χ2v) is 2.55. The molecule has 0 radical (unpaired) electrons. The van der Waals surface area contributed by atoms with Gasteiger partial charge in [0, 0.05) is 17.5 Å². The second kappa shape index (κ2) is 3.74. The van der Waals surface area contributed by atoms with E-state index in [-0.39, 0.29) is 11.3 Å². The first kappa shape index (κ1) is 9.98. The Labute approximate surface area is 73.0 Å². The number of aryl methyl sites for hydroxylation is 1. The fraction of sp³-hybridized carbons (Fsp3) is 0.375. The molecule has 0 unspecified atom stereocenters. The van der Waals surface area contributed by atoms with E-state index in [2.05, 4.69) is 4.98 Å². The van der Waals surface area contributed by atoms with E-state index in [1.54, 1.807) is 0 Å². The fourth-order valence-electron chi connectivity index (χ4n) is 0.970. The van der Waals surface area contributed by atoms with Gasteiger partial charge in [0.1, 0.15) is 5.82 Å². The SMILES string of the molecule is Cc1ncc(C(F)F)c(F)c1CO. The van der Waals surface area contributed by atoms with Crippen molar-refractivity contribution in [2.75, 3.05) is 0 Å². The molecule has 0 atom stereocenters. The summed E-state index contributed by atoms with van der Waals surface area (Å²) in [5.74, 6) is -1.06. The van der Waals surface area contributed by atoms with Crippen molar-refractivity contribution in [1.82, 2.24) is 4.98 Å². The number of aliphatic hydroxyl groups is 1. The summed E-state index contributed by atoms with van der Waals surface area (Å²) in [5, 5.41) is 8.68. The van der Waals surface area contributed by atoms with Gasteiger partial charge >= 0.3 is 0 Å². The molecule has 13 heavy (non-hydrogen) atoms. The Morgan fingerprint density at radius 2 is 2.15 bits per heavy atom. The monoisotopic (exact) mass is 191 g/mol. The van der Waals surface area contributed by atoms with Gasteiger partial charge in [-0.1, -0.05) is 0 Å². The highest BCUT2D eigenvalue weighted by Crippen LogP contribution is 2.24. The summed E-state index contributed by atoms with van der Waals surface area (Å²) in [7, 11) is 0. The molecule has 72 valence electrons. The molecule has 0 aliphatic heterocycles. The largest absolute Gasteiger partial charge is 0.391 e. The molecular weight excluding hydrogens is 183 g/mol. The average Bonchev–Trinajstić information content (AvgIpc) is 2.04. The molecule has 1 rings (SSSR count). The second-order valence-electron chi connectivity index (χ2n) is 2.55. The third-order valence-corrected chi connectivity index (χ3v) is 1.75. The highest BCUT2D eigenvalue weighted by Gasteiger charge is 2.18. The van der Waals surface area contributed by atoms with Crippen molar-refractivity contribution in [2.24, 2.45) is 0 Å². The van der Waals surface area contributed by atoms with Crippen molar-refractivity contribution in [2.45, 2.75) is 20.0 Å². The molecule has 0 bridgehead atoms. The summed E-state index contributed by atoms with van der Waals surface area (Å²) in [6, 6.07) is 0. The summed E-state index contributed by atoms with van der Waals surface area (Å²) >= 11 is 0. The Morgan fingerprint density at radius 3 is 2.62 bits per heavy atom. The van der Waals surface area contributed by atoms with E-state index in [4.69, 9.17) is 5.11 Å². The molecular formula is C8H8F3NO. The van der Waals surface area contributed by atoms with E-state index in [1.807, 2.05) is 0 Å². The van der Waals surface area contributed by atoms with Crippen molar-refractivity contribution in [3.05, 3.63) is 28.8 Å². The van der Waals surface area contributed by atoms with Gasteiger partial charge in [0.25, 0.3) is 6.43 Å². The van der Waals surface area contributed by atoms with Crippen molar-refractivity contribution in [3.8, 4) is 0 Å². The molecule has 5 heteroatoms. The number of pyridine rings is 1. The quantitative estimate of drug-likeness (QED) is 0.775. The number of hydrogen-bond donors (Lipinski definition) is 1. The molecule has 0 aliphatic carbocycles. The number of rotatable bonds is 2. The summed E-state index contributed by atoms with van der Waals surface area (Å²) in [5.41, 5.74) is -0.711. The van der Waals surface area contributed by atoms with E-state index < -0.39 is 24.4 Å². The predicted molar refractivity (Wildman–Crippen MR) is 39.8 cm³/mol. The lowest BCUT2D eigenvalue weighted by atomic mass is 10.1. The number of halogens is 3. The number of aliphatic hydroxyl groups excluding tert-OH is 1. The van der Waals surface area contributed by atoms with E-state index in [0.29, 0.717) is 0 Å². The first-order chi connectivity index (χ1) is 6.07. The van der Waals surface area contributed by atoms with Gasteiger partial charge < -0.3 is 5.11 Å². The molecule has 0 amide bonds. The van der Waals surface area contributed by atoms with Crippen LogP contribution in [0.3, 0.4) is 0 Å². The van der Waals surface area contributed by atoms with Gasteiger partial charge in [0.2, 0.25) is 0 Å². The third-order valence-electron chi connectivity index (χ3n) is 1.75. The topological polar surface area (TPSA) is 33.1 Å². The number of alkyl halides is 2. The molecule has 0 fully saturated rings. The molecule has 0 spiro atoms. The summed E-state index contributed by atoms with van der Waals surface area (Å²) in [6.07, 6.45) is -2.12. The third kappa shape index (κ3) is 1.80. The standard InChI is InChI=1S/C8H8F3NO/c1-4-6(3-13)7(9)5(2-12-4)8(10)11/h2,8,13H,3H2,1H3. The minimum Gasteiger partial charge on any atom is -0.391 e. The van der Waals surface area contributed by atoms with Gasteiger partial charge in [-0.05, 0) is 6.92 Å². The zero-order valence-electron chi connectivity index (χ0n) is 6.89. The number of nitrogens with zero attached hydrogens (tertiary/aromatic N) is 1. The van der Waals surface area contributed by atoms with Crippen LogP contribution in [0.5, 0.6) is 0 Å². The number of aromatic nitrogens is 1. The Kier molecular flexibility index (Phi) is 2.87. The predicted octanol–water partition coefficient (Wildman–Crippen LogP) is 1.96. The van der Waals surface area contributed by atoms with Crippen LogP contribution in [0.25, 0.3) is 0 Å². The van der Waals surface area contributed by atoms with Gasteiger partial charge in [0.05, 0.1) is 12.2 Å². The van der Waals surface area contributed by atoms with Crippen LogP contribution in [0.2, 0.25) is 0 Å². The average molecular weight is 191 g/mol. The Bertz CT molecular complexity index is 315. The molecule has 0 aliphatic rings. The van der Waals surface area contributed by atoms with E-state index in [9.17, 15) is 13.2 Å². The molecule has 2 nitrogen and oxygen atoms in total. The smallest absolute Gasteiger partial charge is 0.268 e. The van der Waals surface area contributed by atoms with E-state index in [1.165, 1.54) is 6.92 Å². The normalized spacial score (nSPS) is 10.9. The van der Waals surface area contributed by atoms with Crippen molar-refractivity contribution in [3.63, 3.8) is 0 Å². The molecule has 0 saturated carbocycles. The van der Waals surface area contributed by atoms with Crippen LogP contribution in [0, 0.1) is 12.7 Å². The minimum absolute atomic E-state index is 0.169. The molecule has 0 saturated heterocycles. The van der Waals surface area contributed by atoms with Gasteiger partial charge in [-0.3, -0.25) is 4.98 Å². The van der Waals surface area contributed by atoms with Crippen LogP contribution in [0.4, 0.5) is 13.2 Å².